The molecule has 6 nitrogen and oxygen atoms in total. The summed E-state index contributed by atoms with van der Waals surface area (Å²) in [7, 11) is 0. The van der Waals surface area contributed by atoms with Crippen LogP contribution in [-0.4, -0.2) is 54.0 Å². The number of halogens is 1. The van der Waals surface area contributed by atoms with Crippen LogP contribution in [0.15, 0.2) is 35.7 Å². The summed E-state index contributed by atoms with van der Waals surface area (Å²) in [5.74, 6) is -0.110. The Labute approximate surface area is 199 Å². The number of urea groups is 1. The number of para-hydroxylation sites is 1. The van der Waals surface area contributed by atoms with E-state index < -0.39 is 5.82 Å². The number of amides is 3. The van der Waals surface area contributed by atoms with Gasteiger partial charge in [0.25, 0.3) is 0 Å². The maximum absolute atomic E-state index is 14.1. The van der Waals surface area contributed by atoms with Crippen molar-refractivity contribution < 1.29 is 18.7 Å². The summed E-state index contributed by atoms with van der Waals surface area (Å²) in [4.78, 5) is 30.9. The third-order valence-electron chi connectivity index (χ3n) is 5.90. The highest BCUT2D eigenvalue weighted by Crippen LogP contribution is 2.34. The largest absolute Gasteiger partial charge is 0.488 e. The van der Waals surface area contributed by atoms with Crippen molar-refractivity contribution in [1.29, 1.82) is 0 Å². The number of ether oxygens (including phenoxy) is 1. The number of hydrogen-bond acceptors (Lipinski definition) is 4. The predicted molar refractivity (Wildman–Crippen MR) is 129 cm³/mol. The Morgan fingerprint density at radius 3 is 2.73 bits per heavy atom. The molecule has 1 aliphatic rings. The number of fused-ring (bicyclic) bond motifs is 1. The van der Waals surface area contributed by atoms with Gasteiger partial charge in [-0.15, -0.1) is 11.3 Å². The second kappa shape index (κ2) is 11.5. The Bertz CT molecular complexity index is 948. The summed E-state index contributed by atoms with van der Waals surface area (Å²) in [6.07, 6.45) is 1.68. The molecule has 0 bridgehead atoms. The maximum atomic E-state index is 14.1. The maximum Gasteiger partial charge on any atom is 0.318 e. The smallest absolute Gasteiger partial charge is 0.318 e. The highest BCUT2D eigenvalue weighted by Gasteiger charge is 2.34. The van der Waals surface area contributed by atoms with Gasteiger partial charge in [-0.25, -0.2) is 9.18 Å². The molecule has 0 spiro atoms. The highest BCUT2D eigenvalue weighted by atomic mass is 32.1. The minimum atomic E-state index is -0.429. The van der Waals surface area contributed by atoms with E-state index in [0.717, 1.165) is 18.4 Å². The number of carbonyl (C=O) groups excluding carboxylic acids is 2. The molecule has 180 valence electrons. The van der Waals surface area contributed by atoms with E-state index in [9.17, 15) is 14.0 Å². The van der Waals surface area contributed by atoms with Gasteiger partial charge in [-0.3, -0.25) is 4.79 Å². The Balaban J connectivity index is 1.78. The molecule has 1 aromatic heterocycles. The molecule has 0 radical (unpaired) electrons. The van der Waals surface area contributed by atoms with Gasteiger partial charge in [0.2, 0.25) is 5.91 Å². The first kappa shape index (κ1) is 25.0. The molecule has 8 heteroatoms. The Kier molecular flexibility index (Phi) is 8.72. The average molecular weight is 476 g/mol. The lowest BCUT2D eigenvalue weighted by molar-refractivity contribution is -0.135. The van der Waals surface area contributed by atoms with Gasteiger partial charge in [-0.05, 0) is 55.3 Å². The zero-order chi connectivity index (χ0) is 24.0. The number of nitrogens with zero attached hydrogens (tertiary/aromatic N) is 2. The Hall–Kier alpha value is -2.61. The van der Waals surface area contributed by atoms with Crippen LogP contribution in [0, 0.1) is 11.7 Å². The highest BCUT2D eigenvalue weighted by molar-refractivity contribution is 7.10. The van der Waals surface area contributed by atoms with Gasteiger partial charge in [0.1, 0.15) is 13.2 Å². The molecule has 2 heterocycles. The van der Waals surface area contributed by atoms with Crippen LogP contribution in [0.1, 0.15) is 50.6 Å². The summed E-state index contributed by atoms with van der Waals surface area (Å²) in [6, 6.07) is 7.71. The number of hydrogen-bond donors (Lipinski definition) is 1. The molecule has 3 rings (SSSR count). The molecule has 3 amide bonds. The van der Waals surface area contributed by atoms with Crippen LogP contribution >= 0.6 is 11.3 Å². The van der Waals surface area contributed by atoms with Crippen LogP contribution in [0.25, 0.3) is 0 Å². The fourth-order valence-corrected chi connectivity index (χ4v) is 4.85. The number of carbonyl (C=O) groups is 2. The average Bonchev–Trinajstić information content (AvgIpc) is 3.26. The van der Waals surface area contributed by atoms with Crippen molar-refractivity contribution >= 4 is 23.3 Å². The first-order chi connectivity index (χ1) is 15.8. The molecule has 2 aromatic rings. The van der Waals surface area contributed by atoms with E-state index in [-0.39, 0.29) is 48.8 Å². The van der Waals surface area contributed by atoms with Crippen LogP contribution in [0.5, 0.6) is 5.75 Å². The van der Waals surface area contributed by atoms with Crippen molar-refractivity contribution in [2.75, 3.05) is 26.2 Å². The van der Waals surface area contributed by atoms with E-state index in [4.69, 9.17) is 4.74 Å². The summed E-state index contributed by atoms with van der Waals surface area (Å²) in [5.41, 5.74) is 1.04. The van der Waals surface area contributed by atoms with Crippen LogP contribution in [0.3, 0.4) is 0 Å². The van der Waals surface area contributed by atoms with Crippen molar-refractivity contribution in [3.05, 3.63) is 52.0 Å². The van der Waals surface area contributed by atoms with E-state index in [1.807, 2.05) is 25.3 Å². The SMILES string of the molecule is CC[C@@H](C)CN(CC(=O)N1CCc2sccc2[C@@H]1COc1ccccc1F)C(=O)NC(C)C. The quantitative estimate of drug-likeness (QED) is 0.564. The fraction of sp³-hybridized carbons (Fsp3) is 0.520. The lowest BCUT2D eigenvalue weighted by atomic mass is 10.00. The van der Waals surface area contributed by atoms with E-state index in [1.165, 1.54) is 10.9 Å². The molecule has 0 saturated heterocycles. The molecule has 0 fully saturated rings. The van der Waals surface area contributed by atoms with Gasteiger partial charge >= 0.3 is 6.03 Å². The lowest BCUT2D eigenvalue weighted by Crippen LogP contribution is -2.51. The van der Waals surface area contributed by atoms with Crippen molar-refractivity contribution in [2.45, 2.75) is 52.6 Å². The Morgan fingerprint density at radius 2 is 2.03 bits per heavy atom. The molecule has 1 N–H and O–H groups in total. The zero-order valence-corrected chi connectivity index (χ0v) is 20.7. The van der Waals surface area contributed by atoms with Crippen molar-refractivity contribution in [3.8, 4) is 5.75 Å². The van der Waals surface area contributed by atoms with E-state index in [1.54, 1.807) is 39.3 Å². The van der Waals surface area contributed by atoms with E-state index in [2.05, 4.69) is 19.2 Å². The second-order valence-corrected chi connectivity index (χ2v) is 9.89. The topological polar surface area (TPSA) is 61.9 Å². The normalized spacial score (nSPS) is 16.3. The van der Waals surface area contributed by atoms with Gasteiger partial charge in [-0.2, -0.15) is 0 Å². The van der Waals surface area contributed by atoms with Gasteiger partial charge in [-0.1, -0.05) is 32.4 Å². The van der Waals surface area contributed by atoms with Gasteiger partial charge in [0.15, 0.2) is 11.6 Å². The molecular formula is C25H34FN3O3S. The third kappa shape index (κ3) is 6.47. The van der Waals surface area contributed by atoms with Gasteiger partial charge in [0, 0.05) is 24.0 Å². The molecule has 1 aliphatic heterocycles. The van der Waals surface area contributed by atoms with E-state index in [0.29, 0.717) is 13.1 Å². The van der Waals surface area contributed by atoms with Crippen molar-refractivity contribution in [2.24, 2.45) is 5.92 Å². The molecule has 0 saturated carbocycles. The van der Waals surface area contributed by atoms with Crippen LogP contribution in [0.4, 0.5) is 9.18 Å². The van der Waals surface area contributed by atoms with Crippen molar-refractivity contribution in [1.82, 2.24) is 15.1 Å². The third-order valence-corrected chi connectivity index (χ3v) is 6.90. The Morgan fingerprint density at radius 1 is 1.27 bits per heavy atom. The number of thiophene rings is 1. The first-order valence-corrected chi connectivity index (χ1v) is 12.5. The predicted octanol–water partition coefficient (Wildman–Crippen LogP) is 4.86. The summed E-state index contributed by atoms with van der Waals surface area (Å²) >= 11 is 1.66. The summed E-state index contributed by atoms with van der Waals surface area (Å²) in [6.45, 7) is 9.15. The second-order valence-electron chi connectivity index (χ2n) is 8.89. The minimum absolute atomic E-state index is 0.00143. The minimum Gasteiger partial charge on any atom is -0.488 e. The summed E-state index contributed by atoms with van der Waals surface area (Å²) < 4.78 is 19.9. The lowest BCUT2D eigenvalue weighted by Gasteiger charge is -2.37. The number of rotatable bonds is 9. The zero-order valence-electron chi connectivity index (χ0n) is 19.8. The van der Waals surface area contributed by atoms with Gasteiger partial charge < -0.3 is 19.9 Å². The van der Waals surface area contributed by atoms with Crippen molar-refractivity contribution in [3.63, 3.8) is 0 Å². The molecule has 0 aliphatic carbocycles. The monoisotopic (exact) mass is 475 g/mol. The molecule has 0 unspecified atom stereocenters. The number of nitrogens with one attached hydrogen (secondary N) is 1. The molecule has 2 atom stereocenters. The molecule has 1 aromatic carbocycles. The molecular weight excluding hydrogens is 441 g/mol. The summed E-state index contributed by atoms with van der Waals surface area (Å²) in [5, 5.41) is 4.92. The van der Waals surface area contributed by atoms with E-state index >= 15 is 0 Å². The van der Waals surface area contributed by atoms with Crippen LogP contribution in [0.2, 0.25) is 0 Å². The number of benzene rings is 1. The van der Waals surface area contributed by atoms with Crippen LogP contribution in [-0.2, 0) is 11.2 Å². The first-order valence-electron chi connectivity index (χ1n) is 11.6. The van der Waals surface area contributed by atoms with Gasteiger partial charge in [0.05, 0.1) is 6.04 Å². The fourth-order valence-electron chi connectivity index (χ4n) is 3.92. The molecule has 33 heavy (non-hydrogen) atoms. The van der Waals surface area contributed by atoms with Crippen LogP contribution < -0.4 is 10.1 Å². The standard InChI is InChI=1S/C25H34FN3O3S/c1-5-18(4)14-28(25(31)27-17(2)3)15-24(30)29-12-10-23-19(11-13-33-23)21(29)16-32-22-9-7-6-8-20(22)26/h6-9,11,13,17-18,21H,5,10,12,14-16H2,1-4H3,(H,27,31)/t18-,21+/m1/s1.